The summed E-state index contributed by atoms with van der Waals surface area (Å²) in [5.41, 5.74) is 0. The molecule has 2 aromatic carbocycles. The van der Waals surface area contributed by atoms with Crippen molar-refractivity contribution in [3.05, 3.63) is 42.5 Å². The predicted octanol–water partition coefficient (Wildman–Crippen LogP) is 3.13. The third kappa shape index (κ3) is 1.12. The number of benzene rings is 2. The molecule has 2 aromatic rings. The number of thiol groups is 1. The average molecular weight is 160 g/mol. The number of hydrogen-bond donors (Lipinski definition) is 1. The van der Waals surface area contributed by atoms with E-state index >= 15 is 0 Å². The van der Waals surface area contributed by atoms with Crippen molar-refractivity contribution in [3.8, 4) is 0 Å². The largest absolute Gasteiger partial charge is 0.143 e. The Labute approximate surface area is 71.3 Å². The molecular weight excluding hydrogens is 152 g/mol. The van der Waals surface area contributed by atoms with Crippen molar-refractivity contribution in [2.45, 2.75) is 4.90 Å². The SMILES string of the molecule is Sc1cccc2ccccc12. The van der Waals surface area contributed by atoms with Crippen LogP contribution in [0.4, 0.5) is 0 Å². The summed E-state index contributed by atoms with van der Waals surface area (Å²) < 4.78 is 0. The van der Waals surface area contributed by atoms with Gasteiger partial charge in [-0.25, -0.2) is 0 Å². The van der Waals surface area contributed by atoms with Crippen molar-refractivity contribution in [1.82, 2.24) is 0 Å². The fourth-order valence-corrected chi connectivity index (χ4v) is 1.50. The molecule has 0 aliphatic heterocycles. The molecule has 0 unspecified atom stereocenters. The molecule has 0 heterocycles. The van der Waals surface area contributed by atoms with Crippen LogP contribution >= 0.6 is 12.6 Å². The first-order valence-corrected chi connectivity index (χ1v) is 3.99. The summed E-state index contributed by atoms with van der Waals surface area (Å²) in [6, 6.07) is 14.4. The fraction of sp³-hybridized carbons (Fsp3) is 0. The van der Waals surface area contributed by atoms with Crippen LogP contribution in [-0.2, 0) is 0 Å². The molecule has 2 rings (SSSR count). The van der Waals surface area contributed by atoms with Gasteiger partial charge in [-0.3, -0.25) is 0 Å². The lowest BCUT2D eigenvalue weighted by atomic mass is 10.1. The van der Waals surface area contributed by atoms with E-state index in [-0.39, 0.29) is 0 Å². The second kappa shape index (κ2) is 2.59. The van der Waals surface area contributed by atoms with Gasteiger partial charge < -0.3 is 0 Å². The molecule has 0 spiro atoms. The van der Waals surface area contributed by atoms with Gasteiger partial charge in [-0.2, -0.15) is 0 Å². The molecule has 54 valence electrons. The highest BCUT2D eigenvalue weighted by atomic mass is 32.1. The van der Waals surface area contributed by atoms with E-state index in [1.807, 2.05) is 24.3 Å². The molecule has 0 atom stereocenters. The summed E-state index contributed by atoms with van der Waals surface area (Å²) in [6.45, 7) is 0. The van der Waals surface area contributed by atoms with Gasteiger partial charge >= 0.3 is 0 Å². The lowest BCUT2D eigenvalue weighted by molar-refractivity contribution is 1.56. The minimum absolute atomic E-state index is 1.04. The maximum absolute atomic E-state index is 4.35. The standard InChI is InChI=1S/C10H8S/c11-10-7-3-5-8-4-1-2-6-9(8)10/h1-7,11H. The molecule has 0 radical (unpaired) electrons. The summed E-state index contributed by atoms with van der Waals surface area (Å²) in [5, 5.41) is 2.47. The van der Waals surface area contributed by atoms with Crippen molar-refractivity contribution in [2.75, 3.05) is 0 Å². The average Bonchev–Trinajstić information content (AvgIpc) is 2.06. The van der Waals surface area contributed by atoms with E-state index in [9.17, 15) is 0 Å². The van der Waals surface area contributed by atoms with Crippen LogP contribution in [0.1, 0.15) is 0 Å². The summed E-state index contributed by atoms with van der Waals surface area (Å²) in [5.74, 6) is 0. The first-order valence-electron chi connectivity index (χ1n) is 3.54. The van der Waals surface area contributed by atoms with E-state index < -0.39 is 0 Å². The Morgan fingerprint density at radius 1 is 0.818 bits per heavy atom. The van der Waals surface area contributed by atoms with E-state index in [0.717, 1.165) is 4.90 Å². The Bertz CT molecular complexity index is 374. The molecule has 1 heteroatoms. The highest BCUT2D eigenvalue weighted by molar-refractivity contribution is 7.80. The highest BCUT2D eigenvalue weighted by Crippen LogP contribution is 2.20. The molecule has 0 saturated heterocycles. The molecule has 0 saturated carbocycles. The van der Waals surface area contributed by atoms with E-state index in [1.165, 1.54) is 10.8 Å². The van der Waals surface area contributed by atoms with Gasteiger partial charge in [0.1, 0.15) is 0 Å². The molecule has 0 nitrogen and oxygen atoms in total. The highest BCUT2D eigenvalue weighted by Gasteiger charge is 1.92. The van der Waals surface area contributed by atoms with Gasteiger partial charge in [0.05, 0.1) is 0 Å². The maximum atomic E-state index is 4.35. The molecule has 0 N–H and O–H groups in total. The molecule has 0 aliphatic carbocycles. The van der Waals surface area contributed by atoms with Gasteiger partial charge in [0, 0.05) is 4.90 Å². The topological polar surface area (TPSA) is 0 Å². The van der Waals surface area contributed by atoms with Gasteiger partial charge in [-0.1, -0.05) is 36.4 Å². The van der Waals surface area contributed by atoms with Crippen molar-refractivity contribution in [3.63, 3.8) is 0 Å². The van der Waals surface area contributed by atoms with E-state index in [1.54, 1.807) is 0 Å². The van der Waals surface area contributed by atoms with Gasteiger partial charge in [0.2, 0.25) is 0 Å². The zero-order valence-electron chi connectivity index (χ0n) is 5.99. The molecule has 0 aliphatic rings. The van der Waals surface area contributed by atoms with Crippen LogP contribution in [0.15, 0.2) is 47.4 Å². The normalized spacial score (nSPS) is 10.3. The van der Waals surface area contributed by atoms with Gasteiger partial charge in [-0.05, 0) is 16.8 Å². The van der Waals surface area contributed by atoms with E-state index in [0.29, 0.717) is 0 Å². The lowest BCUT2D eigenvalue weighted by Gasteiger charge is -1.98. The minimum Gasteiger partial charge on any atom is -0.143 e. The number of fused-ring (bicyclic) bond motifs is 1. The molecular formula is C10H8S. The quantitative estimate of drug-likeness (QED) is 0.562. The second-order valence-electron chi connectivity index (χ2n) is 2.50. The number of rotatable bonds is 0. The molecule has 0 fully saturated rings. The van der Waals surface area contributed by atoms with Crippen LogP contribution in [0.25, 0.3) is 10.8 Å². The van der Waals surface area contributed by atoms with Crippen LogP contribution < -0.4 is 0 Å². The Balaban J connectivity index is 2.91. The van der Waals surface area contributed by atoms with Crippen LogP contribution in [0, 0.1) is 0 Å². The van der Waals surface area contributed by atoms with Crippen molar-refractivity contribution in [1.29, 1.82) is 0 Å². The Morgan fingerprint density at radius 2 is 1.55 bits per heavy atom. The molecule has 0 bridgehead atoms. The lowest BCUT2D eigenvalue weighted by Crippen LogP contribution is -1.71. The Hall–Kier alpha value is -0.950. The monoisotopic (exact) mass is 160 g/mol. The maximum Gasteiger partial charge on any atom is 0.0119 e. The molecule has 0 amide bonds. The summed E-state index contributed by atoms with van der Waals surface area (Å²) >= 11 is 4.35. The third-order valence-electron chi connectivity index (χ3n) is 1.77. The van der Waals surface area contributed by atoms with Crippen molar-refractivity contribution >= 4 is 23.4 Å². The Morgan fingerprint density at radius 3 is 2.36 bits per heavy atom. The van der Waals surface area contributed by atoms with E-state index in [2.05, 4.69) is 30.8 Å². The van der Waals surface area contributed by atoms with Gasteiger partial charge in [0.25, 0.3) is 0 Å². The van der Waals surface area contributed by atoms with Crippen LogP contribution in [-0.4, -0.2) is 0 Å². The molecule has 0 aromatic heterocycles. The summed E-state index contributed by atoms with van der Waals surface area (Å²) in [7, 11) is 0. The zero-order chi connectivity index (χ0) is 7.68. The second-order valence-corrected chi connectivity index (χ2v) is 2.98. The summed E-state index contributed by atoms with van der Waals surface area (Å²) in [6.07, 6.45) is 0. The predicted molar refractivity (Wildman–Crippen MR) is 51.2 cm³/mol. The minimum atomic E-state index is 1.04. The fourth-order valence-electron chi connectivity index (χ4n) is 1.21. The number of hydrogen-bond acceptors (Lipinski definition) is 1. The zero-order valence-corrected chi connectivity index (χ0v) is 6.88. The first kappa shape index (κ1) is 6.74. The van der Waals surface area contributed by atoms with E-state index in [4.69, 9.17) is 0 Å². The van der Waals surface area contributed by atoms with Gasteiger partial charge in [-0.15, -0.1) is 12.6 Å². The van der Waals surface area contributed by atoms with Crippen LogP contribution in [0.2, 0.25) is 0 Å². The first-order chi connectivity index (χ1) is 5.38. The third-order valence-corrected chi connectivity index (χ3v) is 2.16. The van der Waals surface area contributed by atoms with Crippen LogP contribution in [0.3, 0.4) is 0 Å². The summed E-state index contributed by atoms with van der Waals surface area (Å²) in [4.78, 5) is 1.04. The van der Waals surface area contributed by atoms with Crippen molar-refractivity contribution in [2.24, 2.45) is 0 Å². The van der Waals surface area contributed by atoms with Gasteiger partial charge in [0.15, 0.2) is 0 Å². The Kier molecular flexibility index (Phi) is 1.59. The molecule has 11 heavy (non-hydrogen) atoms. The van der Waals surface area contributed by atoms with Crippen LogP contribution in [0.5, 0.6) is 0 Å². The van der Waals surface area contributed by atoms with Crippen molar-refractivity contribution < 1.29 is 0 Å². The smallest absolute Gasteiger partial charge is 0.0119 e.